The maximum atomic E-state index is 11.4. The molecule has 0 saturated carbocycles. The van der Waals surface area contributed by atoms with Gasteiger partial charge in [-0.2, -0.15) is 0 Å². The number of sulfone groups is 1. The van der Waals surface area contributed by atoms with Gasteiger partial charge in [0.2, 0.25) is 0 Å². The predicted octanol–water partition coefficient (Wildman–Crippen LogP) is 2.24. The van der Waals surface area contributed by atoms with Crippen LogP contribution in [0.4, 0.5) is 0 Å². The Bertz CT molecular complexity index is 647. The van der Waals surface area contributed by atoms with Crippen molar-refractivity contribution >= 4 is 9.84 Å². The molecule has 0 aliphatic rings. The Morgan fingerprint density at radius 2 is 1.95 bits per heavy atom. The van der Waals surface area contributed by atoms with Crippen molar-refractivity contribution in [3.8, 4) is 5.75 Å². The van der Waals surface area contributed by atoms with Gasteiger partial charge < -0.3 is 14.5 Å². The summed E-state index contributed by atoms with van der Waals surface area (Å²) in [6.45, 7) is 3.25. The van der Waals surface area contributed by atoms with E-state index in [-0.39, 0.29) is 6.10 Å². The van der Waals surface area contributed by atoms with Gasteiger partial charge in [0.1, 0.15) is 17.6 Å². The average Bonchev–Trinajstić information content (AvgIpc) is 2.91. The van der Waals surface area contributed by atoms with Crippen molar-refractivity contribution in [2.45, 2.75) is 24.5 Å². The summed E-state index contributed by atoms with van der Waals surface area (Å²) in [6, 6.07) is 10.2. The van der Waals surface area contributed by atoms with Crippen molar-refractivity contribution in [1.82, 2.24) is 5.32 Å². The lowest BCUT2D eigenvalue weighted by Gasteiger charge is -2.15. The highest BCUT2D eigenvalue weighted by Crippen LogP contribution is 2.16. The van der Waals surface area contributed by atoms with Gasteiger partial charge in [-0.15, -0.1) is 0 Å². The van der Waals surface area contributed by atoms with E-state index in [0.29, 0.717) is 23.7 Å². The molecule has 0 aliphatic carbocycles. The topological polar surface area (TPSA) is 68.5 Å². The van der Waals surface area contributed by atoms with Crippen LogP contribution in [-0.4, -0.2) is 27.3 Å². The van der Waals surface area contributed by atoms with E-state index in [4.69, 9.17) is 9.15 Å². The molecule has 1 unspecified atom stereocenters. The minimum Gasteiger partial charge on any atom is -0.489 e. The molecule has 1 atom stereocenters. The van der Waals surface area contributed by atoms with Gasteiger partial charge in [0.05, 0.1) is 17.7 Å². The van der Waals surface area contributed by atoms with Crippen LogP contribution in [-0.2, 0) is 16.4 Å². The molecule has 1 heterocycles. The van der Waals surface area contributed by atoms with Gasteiger partial charge >= 0.3 is 0 Å². The number of ether oxygens (including phenoxy) is 1. The summed E-state index contributed by atoms with van der Waals surface area (Å²) >= 11 is 0. The van der Waals surface area contributed by atoms with E-state index in [1.165, 1.54) is 6.26 Å². The van der Waals surface area contributed by atoms with Gasteiger partial charge in [0, 0.05) is 12.8 Å². The third-order valence-corrected chi connectivity index (χ3v) is 4.03. The van der Waals surface area contributed by atoms with Crippen molar-refractivity contribution < 1.29 is 17.6 Å². The second-order valence-electron chi connectivity index (χ2n) is 4.88. The molecule has 5 nitrogen and oxygen atoms in total. The lowest BCUT2D eigenvalue weighted by Crippen LogP contribution is -2.28. The minimum atomic E-state index is -3.17. The maximum absolute atomic E-state index is 11.4. The molecule has 0 saturated heterocycles. The Balaban J connectivity index is 1.81. The van der Waals surface area contributed by atoms with Crippen LogP contribution in [0.5, 0.6) is 5.75 Å². The fourth-order valence-electron chi connectivity index (χ4n) is 1.85. The van der Waals surface area contributed by atoms with E-state index in [9.17, 15) is 8.42 Å². The molecule has 0 radical (unpaired) electrons. The molecule has 1 aromatic heterocycles. The molecule has 2 aromatic rings. The summed E-state index contributed by atoms with van der Waals surface area (Å²) in [5, 5.41) is 3.23. The zero-order chi connectivity index (χ0) is 15.3. The van der Waals surface area contributed by atoms with Crippen molar-refractivity contribution in [1.29, 1.82) is 0 Å². The van der Waals surface area contributed by atoms with Crippen molar-refractivity contribution in [2.75, 3.05) is 12.8 Å². The molecule has 0 bridgehead atoms. The van der Waals surface area contributed by atoms with E-state index in [1.807, 2.05) is 19.1 Å². The molecule has 2 rings (SSSR count). The molecule has 1 aromatic carbocycles. The maximum Gasteiger partial charge on any atom is 0.175 e. The molecule has 6 heteroatoms. The predicted molar refractivity (Wildman–Crippen MR) is 80.1 cm³/mol. The smallest absolute Gasteiger partial charge is 0.175 e. The summed E-state index contributed by atoms with van der Waals surface area (Å²) < 4.78 is 33.7. The Labute approximate surface area is 124 Å². The Morgan fingerprint density at radius 1 is 1.24 bits per heavy atom. The Hall–Kier alpha value is -1.79. The third-order valence-electron chi connectivity index (χ3n) is 2.90. The minimum absolute atomic E-state index is 0.0379. The first kappa shape index (κ1) is 15.6. The Morgan fingerprint density at radius 3 is 2.52 bits per heavy atom. The summed E-state index contributed by atoms with van der Waals surface area (Å²) in [5.74, 6) is 1.52. The van der Waals surface area contributed by atoms with Gasteiger partial charge in [-0.3, -0.25) is 0 Å². The Kier molecular flexibility index (Phi) is 5.03. The third kappa shape index (κ3) is 4.91. The van der Waals surface area contributed by atoms with Crippen molar-refractivity contribution in [2.24, 2.45) is 0 Å². The quantitative estimate of drug-likeness (QED) is 0.849. The normalized spacial score (nSPS) is 13.0. The number of hydrogen-bond acceptors (Lipinski definition) is 5. The van der Waals surface area contributed by atoms with E-state index < -0.39 is 9.84 Å². The monoisotopic (exact) mass is 309 g/mol. The standard InChI is InChI=1S/C15H19NO4S/c1-12(10-16-11-14-4-3-9-19-14)20-13-5-7-15(8-6-13)21(2,17)18/h3-9,12,16H,10-11H2,1-2H3. The van der Waals surface area contributed by atoms with E-state index in [2.05, 4.69) is 5.32 Å². The van der Waals surface area contributed by atoms with Crippen molar-refractivity contribution in [3.63, 3.8) is 0 Å². The summed E-state index contributed by atoms with van der Waals surface area (Å²) in [7, 11) is -3.17. The fourth-order valence-corrected chi connectivity index (χ4v) is 2.48. The van der Waals surface area contributed by atoms with Gasteiger partial charge in [0.15, 0.2) is 9.84 Å². The van der Waals surface area contributed by atoms with E-state index in [1.54, 1.807) is 30.5 Å². The SMILES string of the molecule is CC(CNCc1ccco1)Oc1ccc(S(C)(=O)=O)cc1. The van der Waals surface area contributed by atoms with Gasteiger partial charge in [-0.1, -0.05) is 0 Å². The van der Waals surface area contributed by atoms with Crippen LogP contribution in [0, 0.1) is 0 Å². The first-order valence-electron chi connectivity index (χ1n) is 6.65. The van der Waals surface area contributed by atoms with Crippen LogP contribution in [0.15, 0.2) is 52.0 Å². The van der Waals surface area contributed by atoms with Gasteiger partial charge in [-0.05, 0) is 43.3 Å². The van der Waals surface area contributed by atoms with Crippen LogP contribution in [0.1, 0.15) is 12.7 Å². The highest BCUT2D eigenvalue weighted by molar-refractivity contribution is 7.90. The number of rotatable bonds is 7. The van der Waals surface area contributed by atoms with Crippen LogP contribution in [0.25, 0.3) is 0 Å². The molecular weight excluding hydrogens is 290 g/mol. The van der Waals surface area contributed by atoms with E-state index >= 15 is 0 Å². The number of benzene rings is 1. The highest BCUT2D eigenvalue weighted by atomic mass is 32.2. The highest BCUT2D eigenvalue weighted by Gasteiger charge is 2.08. The largest absolute Gasteiger partial charge is 0.489 e. The van der Waals surface area contributed by atoms with Crippen LogP contribution in [0.2, 0.25) is 0 Å². The zero-order valence-corrected chi connectivity index (χ0v) is 12.9. The zero-order valence-electron chi connectivity index (χ0n) is 12.1. The summed E-state index contributed by atoms with van der Waals surface area (Å²) in [4.78, 5) is 0.290. The number of hydrogen-bond donors (Lipinski definition) is 1. The second kappa shape index (κ2) is 6.78. The second-order valence-corrected chi connectivity index (χ2v) is 6.90. The van der Waals surface area contributed by atoms with Crippen LogP contribution >= 0.6 is 0 Å². The molecular formula is C15H19NO4S. The summed E-state index contributed by atoms with van der Waals surface area (Å²) in [6.07, 6.45) is 2.79. The van der Waals surface area contributed by atoms with E-state index in [0.717, 1.165) is 5.76 Å². The molecule has 0 aliphatic heterocycles. The number of nitrogens with one attached hydrogen (secondary N) is 1. The lowest BCUT2D eigenvalue weighted by atomic mass is 10.3. The fraction of sp³-hybridized carbons (Fsp3) is 0.333. The molecule has 0 fully saturated rings. The average molecular weight is 309 g/mol. The number of furan rings is 1. The van der Waals surface area contributed by atoms with Gasteiger partial charge in [-0.25, -0.2) is 8.42 Å². The van der Waals surface area contributed by atoms with Crippen LogP contribution in [0.3, 0.4) is 0 Å². The lowest BCUT2D eigenvalue weighted by molar-refractivity contribution is 0.215. The first-order valence-corrected chi connectivity index (χ1v) is 8.54. The molecule has 1 N–H and O–H groups in total. The summed E-state index contributed by atoms with van der Waals surface area (Å²) in [5.41, 5.74) is 0. The first-order chi connectivity index (χ1) is 9.95. The van der Waals surface area contributed by atoms with Crippen LogP contribution < -0.4 is 10.1 Å². The molecule has 0 amide bonds. The molecule has 21 heavy (non-hydrogen) atoms. The van der Waals surface area contributed by atoms with Gasteiger partial charge in [0.25, 0.3) is 0 Å². The molecule has 114 valence electrons. The van der Waals surface area contributed by atoms with Crippen molar-refractivity contribution in [3.05, 3.63) is 48.4 Å². The molecule has 0 spiro atoms.